The van der Waals surface area contributed by atoms with Crippen molar-refractivity contribution < 1.29 is 17.9 Å². The maximum Gasteiger partial charge on any atom is 0.268 e. The zero-order chi connectivity index (χ0) is 25.7. The van der Waals surface area contributed by atoms with Gasteiger partial charge in [0.1, 0.15) is 17.4 Å². The molecule has 11 heteroatoms. The molecule has 2 aromatic heterocycles. The SMILES string of the molecule is Cc1ccc(OCCCn2cc(C=C(C#N)C(=O)Nc3nc(S(C)(=O)=O)ns3)c3ccccc32)cc1. The molecule has 0 unspecified atom stereocenters. The van der Waals surface area contributed by atoms with Crippen molar-refractivity contribution in [2.24, 2.45) is 0 Å². The lowest BCUT2D eigenvalue weighted by Gasteiger charge is -2.08. The molecule has 0 spiro atoms. The summed E-state index contributed by atoms with van der Waals surface area (Å²) in [5.74, 6) is 0.127. The van der Waals surface area contributed by atoms with Gasteiger partial charge in [-0.3, -0.25) is 10.1 Å². The molecule has 2 heterocycles. The molecule has 0 bridgehead atoms. The second kappa shape index (κ2) is 10.7. The molecule has 0 fully saturated rings. The predicted octanol–water partition coefficient (Wildman–Crippen LogP) is 4.22. The Morgan fingerprint density at radius 2 is 1.97 bits per heavy atom. The van der Waals surface area contributed by atoms with Crippen molar-refractivity contribution >= 4 is 49.4 Å². The molecule has 1 N–H and O–H groups in total. The topological polar surface area (TPSA) is 127 Å². The van der Waals surface area contributed by atoms with Gasteiger partial charge in [0, 0.05) is 47.0 Å². The van der Waals surface area contributed by atoms with Crippen LogP contribution in [0.5, 0.6) is 5.75 Å². The summed E-state index contributed by atoms with van der Waals surface area (Å²) in [6, 6.07) is 17.6. The van der Waals surface area contributed by atoms with Gasteiger partial charge in [0.15, 0.2) is 0 Å². The minimum atomic E-state index is -3.60. The predicted molar refractivity (Wildman–Crippen MR) is 138 cm³/mol. The number of benzene rings is 2. The molecule has 0 saturated carbocycles. The average molecular weight is 522 g/mol. The van der Waals surface area contributed by atoms with Gasteiger partial charge < -0.3 is 9.30 Å². The molecule has 2 aromatic carbocycles. The smallest absolute Gasteiger partial charge is 0.268 e. The van der Waals surface area contributed by atoms with E-state index in [1.807, 2.05) is 67.7 Å². The van der Waals surface area contributed by atoms with Gasteiger partial charge in [0.25, 0.3) is 11.1 Å². The first-order valence-electron chi connectivity index (χ1n) is 11.0. The molecule has 4 rings (SSSR count). The highest BCUT2D eigenvalue weighted by atomic mass is 32.2. The van der Waals surface area contributed by atoms with E-state index < -0.39 is 15.7 Å². The van der Waals surface area contributed by atoms with E-state index in [1.54, 1.807) is 0 Å². The van der Waals surface area contributed by atoms with Crippen LogP contribution in [0.3, 0.4) is 0 Å². The van der Waals surface area contributed by atoms with E-state index in [-0.39, 0.29) is 15.9 Å². The number of anilines is 1. The van der Waals surface area contributed by atoms with Crippen molar-refractivity contribution in [2.75, 3.05) is 18.2 Å². The number of hydrogen-bond acceptors (Lipinski definition) is 8. The minimum absolute atomic E-state index is 0.00224. The molecular formula is C25H23N5O4S2. The Morgan fingerprint density at radius 1 is 1.22 bits per heavy atom. The molecule has 4 aromatic rings. The number of amides is 1. The van der Waals surface area contributed by atoms with Gasteiger partial charge in [-0.25, -0.2) is 8.42 Å². The molecule has 0 atom stereocenters. The molecule has 9 nitrogen and oxygen atoms in total. The molecule has 184 valence electrons. The maximum atomic E-state index is 12.7. The largest absolute Gasteiger partial charge is 0.494 e. The van der Waals surface area contributed by atoms with Crippen molar-refractivity contribution in [3.63, 3.8) is 0 Å². The van der Waals surface area contributed by atoms with Crippen LogP contribution >= 0.6 is 11.5 Å². The Morgan fingerprint density at radius 3 is 2.67 bits per heavy atom. The fourth-order valence-electron chi connectivity index (χ4n) is 3.51. The molecule has 36 heavy (non-hydrogen) atoms. The Labute approximate surface area is 212 Å². The number of fused-ring (bicyclic) bond motifs is 1. The van der Waals surface area contributed by atoms with Crippen LogP contribution in [0.25, 0.3) is 17.0 Å². The van der Waals surface area contributed by atoms with Gasteiger partial charge in [-0.2, -0.15) is 14.6 Å². The van der Waals surface area contributed by atoms with Crippen molar-refractivity contribution in [2.45, 2.75) is 25.0 Å². The van der Waals surface area contributed by atoms with Gasteiger partial charge in [-0.1, -0.05) is 35.9 Å². The van der Waals surface area contributed by atoms with E-state index in [0.717, 1.165) is 40.9 Å². The first-order valence-corrected chi connectivity index (χ1v) is 13.7. The Hall–Kier alpha value is -4.01. The summed E-state index contributed by atoms with van der Waals surface area (Å²) < 4.78 is 34.7. The van der Waals surface area contributed by atoms with Gasteiger partial charge in [-0.05, 0) is 37.6 Å². The summed E-state index contributed by atoms with van der Waals surface area (Å²) in [6.45, 7) is 3.26. The average Bonchev–Trinajstić information content (AvgIpc) is 3.46. The summed E-state index contributed by atoms with van der Waals surface area (Å²) in [5.41, 5.74) is 2.72. The molecule has 0 aliphatic rings. The maximum absolute atomic E-state index is 12.7. The van der Waals surface area contributed by atoms with Gasteiger partial charge in [0.2, 0.25) is 15.0 Å². The number of aromatic nitrogens is 3. The minimum Gasteiger partial charge on any atom is -0.494 e. The number of nitrogens with one attached hydrogen (secondary N) is 1. The third-order valence-corrected chi connectivity index (χ3v) is 6.87. The fourth-order valence-corrected chi connectivity index (χ4v) is 4.95. The molecule has 0 aliphatic heterocycles. The van der Waals surface area contributed by atoms with E-state index in [4.69, 9.17) is 4.74 Å². The zero-order valence-electron chi connectivity index (χ0n) is 19.6. The van der Waals surface area contributed by atoms with E-state index in [9.17, 15) is 18.5 Å². The lowest BCUT2D eigenvalue weighted by molar-refractivity contribution is -0.112. The number of nitrogens with zero attached hydrogens (tertiary/aromatic N) is 4. The van der Waals surface area contributed by atoms with Crippen LogP contribution in [0.4, 0.5) is 5.13 Å². The van der Waals surface area contributed by atoms with E-state index >= 15 is 0 Å². The number of sulfone groups is 1. The summed E-state index contributed by atoms with van der Waals surface area (Å²) in [7, 11) is -3.60. The summed E-state index contributed by atoms with van der Waals surface area (Å²) in [6.07, 6.45) is 5.15. The van der Waals surface area contributed by atoms with Crippen molar-refractivity contribution in [3.8, 4) is 11.8 Å². The van der Waals surface area contributed by atoms with E-state index in [1.165, 1.54) is 11.6 Å². The number of nitriles is 1. The Balaban J connectivity index is 1.49. The number of hydrogen-bond donors (Lipinski definition) is 1. The molecule has 0 aliphatic carbocycles. The molecule has 1 amide bonds. The first kappa shape index (κ1) is 25.1. The highest BCUT2D eigenvalue weighted by Gasteiger charge is 2.18. The van der Waals surface area contributed by atoms with Crippen LogP contribution in [0, 0.1) is 18.3 Å². The van der Waals surface area contributed by atoms with Crippen LogP contribution in [0.1, 0.15) is 17.5 Å². The highest BCUT2D eigenvalue weighted by molar-refractivity contribution is 7.90. The lowest BCUT2D eigenvalue weighted by atomic mass is 10.1. The summed E-state index contributed by atoms with van der Waals surface area (Å²) in [5, 5.41) is 12.6. The molecule has 0 saturated heterocycles. The van der Waals surface area contributed by atoms with Gasteiger partial charge in [-0.15, -0.1) is 0 Å². The number of carbonyl (C=O) groups is 1. The third kappa shape index (κ3) is 5.97. The molecular weight excluding hydrogens is 498 g/mol. The van der Waals surface area contributed by atoms with Crippen LogP contribution in [0.15, 0.2) is 65.5 Å². The number of rotatable bonds is 9. The summed E-state index contributed by atoms with van der Waals surface area (Å²) in [4.78, 5) is 16.5. The van der Waals surface area contributed by atoms with Crippen LogP contribution < -0.4 is 10.1 Å². The third-order valence-electron chi connectivity index (χ3n) is 5.28. The standard InChI is InChI=1S/C25H23N5O4S2/c1-17-8-10-20(11-9-17)34-13-5-12-30-16-19(21-6-3-4-7-22(21)30)14-18(15-26)23(31)27-24-28-25(29-35-24)36(2,32)33/h3-4,6-11,14,16H,5,12-13H2,1-2H3,(H,27,28,29,31). The van der Waals surface area contributed by atoms with E-state index in [0.29, 0.717) is 18.7 Å². The number of para-hydroxylation sites is 1. The van der Waals surface area contributed by atoms with Crippen molar-refractivity contribution in [1.29, 1.82) is 5.26 Å². The quantitative estimate of drug-likeness (QED) is 0.198. The number of aryl methyl sites for hydroxylation is 2. The van der Waals surface area contributed by atoms with Crippen LogP contribution in [0.2, 0.25) is 0 Å². The Kier molecular flexibility index (Phi) is 7.47. The Bertz CT molecular complexity index is 1580. The fraction of sp³-hybridized carbons (Fsp3) is 0.200. The van der Waals surface area contributed by atoms with E-state index in [2.05, 4.69) is 19.2 Å². The van der Waals surface area contributed by atoms with Gasteiger partial charge >= 0.3 is 0 Å². The van der Waals surface area contributed by atoms with Crippen LogP contribution in [-0.2, 0) is 21.2 Å². The van der Waals surface area contributed by atoms with Crippen molar-refractivity contribution in [3.05, 3.63) is 71.4 Å². The van der Waals surface area contributed by atoms with Crippen LogP contribution in [-0.4, -0.2) is 41.1 Å². The highest BCUT2D eigenvalue weighted by Crippen LogP contribution is 2.25. The van der Waals surface area contributed by atoms with Crippen molar-refractivity contribution in [1.82, 2.24) is 13.9 Å². The second-order valence-electron chi connectivity index (χ2n) is 8.09. The van der Waals surface area contributed by atoms with Gasteiger partial charge in [0.05, 0.1) is 6.61 Å². The molecule has 0 radical (unpaired) electrons. The zero-order valence-corrected chi connectivity index (χ0v) is 21.3. The summed E-state index contributed by atoms with van der Waals surface area (Å²) >= 11 is 0.731. The number of carbonyl (C=O) groups excluding carboxylic acids is 1. The second-order valence-corrected chi connectivity index (χ2v) is 10.7. The normalized spacial score (nSPS) is 11.9. The monoisotopic (exact) mass is 521 g/mol. The lowest BCUT2D eigenvalue weighted by Crippen LogP contribution is -2.13. The first-order chi connectivity index (χ1) is 17.2. The number of ether oxygens (including phenoxy) is 1.